The Morgan fingerprint density at radius 2 is 2.08 bits per heavy atom. The number of nitrogens with zero attached hydrogens (tertiary/aromatic N) is 5. The Balaban J connectivity index is 1.77. The van der Waals surface area contributed by atoms with Crippen LogP contribution >= 0.6 is 0 Å². The summed E-state index contributed by atoms with van der Waals surface area (Å²) in [6, 6.07) is 14.1. The summed E-state index contributed by atoms with van der Waals surface area (Å²) in [4.78, 5) is 9.09. The average Bonchev–Trinajstić information content (AvgIpc) is 3.25. The number of benzene rings is 2. The molecule has 0 amide bonds. The first-order valence-electron chi connectivity index (χ1n) is 8.36. The number of fused-ring (bicyclic) bond motifs is 1. The molecular formula is C20H16FN5. The lowest BCUT2D eigenvalue weighted by molar-refractivity contribution is 0.627. The Morgan fingerprint density at radius 1 is 1.19 bits per heavy atom. The molecule has 0 saturated heterocycles. The van der Waals surface area contributed by atoms with Gasteiger partial charge in [-0.3, -0.25) is 0 Å². The van der Waals surface area contributed by atoms with Gasteiger partial charge in [-0.1, -0.05) is 12.1 Å². The number of imidazole rings is 2. The molecule has 0 atom stereocenters. The van der Waals surface area contributed by atoms with E-state index < -0.39 is 0 Å². The van der Waals surface area contributed by atoms with Crippen molar-refractivity contribution in [3.05, 3.63) is 72.1 Å². The zero-order chi connectivity index (χ0) is 18.1. The third kappa shape index (κ3) is 2.74. The molecule has 4 aromatic rings. The molecular weight excluding hydrogens is 329 g/mol. The lowest BCUT2D eigenvalue weighted by atomic mass is 10.2. The van der Waals surface area contributed by atoms with Crippen LogP contribution in [0.5, 0.6) is 0 Å². The standard InChI is InChI=1S/C20H16FN5/c1-2-26-18-10-14(12-22)6-7-17(18)24-19(26)13-25-9-8-23-20(25)15-4-3-5-16(21)11-15/h3-11H,2,13H2,1H3. The van der Waals surface area contributed by atoms with Crippen molar-refractivity contribution in [2.75, 3.05) is 0 Å². The average molecular weight is 345 g/mol. The third-order valence-corrected chi connectivity index (χ3v) is 4.38. The Morgan fingerprint density at radius 3 is 2.85 bits per heavy atom. The van der Waals surface area contributed by atoms with Crippen LogP contribution in [-0.4, -0.2) is 19.1 Å². The minimum atomic E-state index is -0.290. The molecule has 0 aliphatic carbocycles. The molecule has 2 heterocycles. The van der Waals surface area contributed by atoms with Crippen LogP contribution in [0.2, 0.25) is 0 Å². The summed E-state index contributed by atoms with van der Waals surface area (Å²) >= 11 is 0. The van der Waals surface area contributed by atoms with Crippen molar-refractivity contribution in [1.29, 1.82) is 5.26 Å². The quantitative estimate of drug-likeness (QED) is 0.562. The fourth-order valence-corrected chi connectivity index (χ4v) is 3.19. The number of halogens is 1. The van der Waals surface area contributed by atoms with Crippen molar-refractivity contribution in [3.8, 4) is 17.5 Å². The summed E-state index contributed by atoms with van der Waals surface area (Å²) in [7, 11) is 0. The van der Waals surface area contributed by atoms with Gasteiger partial charge < -0.3 is 9.13 Å². The highest BCUT2D eigenvalue weighted by Crippen LogP contribution is 2.22. The van der Waals surface area contributed by atoms with Gasteiger partial charge >= 0.3 is 0 Å². The number of aromatic nitrogens is 4. The van der Waals surface area contributed by atoms with E-state index in [1.807, 2.05) is 35.9 Å². The van der Waals surface area contributed by atoms with Gasteiger partial charge in [0.25, 0.3) is 0 Å². The Bertz CT molecular complexity index is 1130. The number of aryl methyl sites for hydroxylation is 1. The molecule has 4 rings (SSSR count). The molecule has 0 N–H and O–H groups in total. The number of rotatable bonds is 4. The van der Waals surface area contributed by atoms with Gasteiger partial charge in [-0.05, 0) is 37.3 Å². The van der Waals surface area contributed by atoms with E-state index in [4.69, 9.17) is 10.2 Å². The third-order valence-electron chi connectivity index (χ3n) is 4.38. The molecule has 0 bridgehead atoms. The topological polar surface area (TPSA) is 59.4 Å². The van der Waals surface area contributed by atoms with Gasteiger partial charge in [-0.25, -0.2) is 14.4 Å². The first-order valence-corrected chi connectivity index (χ1v) is 8.36. The van der Waals surface area contributed by atoms with E-state index in [0.29, 0.717) is 17.9 Å². The highest BCUT2D eigenvalue weighted by Gasteiger charge is 2.13. The molecule has 0 fully saturated rings. The Labute approximate surface area is 150 Å². The molecule has 2 aromatic heterocycles. The van der Waals surface area contributed by atoms with Crippen molar-refractivity contribution < 1.29 is 4.39 Å². The first kappa shape index (κ1) is 16.0. The highest BCUT2D eigenvalue weighted by atomic mass is 19.1. The normalized spacial score (nSPS) is 11.0. The van der Waals surface area contributed by atoms with Crippen molar-refractivity contribution in [1.82, 2.24) is 19.1 Å². The maximum absolute atomic E-state index is 13.6. The molecule has 0 unspecified atom stereocenters. The largest absolute Gasteiger partial charge is 0.327 e. The molecule has 26 heavy (non-hydrogen) atoms. The molecule has 0 spiro atoms. The van der Waals surface area contributed by atoms with Crippen molar-refractivity contribution >= 4 is 11.0 Å². The van der Waals surface area contributed by atoms with Gasteiger partial charge in [0.15, 0.2) is 0 Å². The smallest absolute Gasteiger partial charge is 0.140 e. The summed E-state index contributed by atoms with van der Waals surface area (Å²) < 4.78 is 17.6. The minimum absolute atomic E-state index is 0.290. The summed E-state index contributed by atoms with van der Waals surface area (Å²) in [5.41, 5.74) is 3.13. The number of hydrogen-bond donors (Lipinski definition) is 0. The SMILES string of the molecule is CCn1c(Cn2ccnc2-c2cccc(F)c2)nc2ccc(C#N)cc21. The van der Waals surface area contributed by atoms with E-state index in [9.17, 15) is 4.39 Å². The second-order valence-corrected chi connectivity index (χ2v) is 5.98. The van der Waals surface area contributed by atoms with Crippen LogP contribution in [0.4, 0.5) is 4.39 Å². The fourth-order valence-electron chi connectivity index (χ4n) is 3.19. The van der Waals surface area contributed by atoms with Crippen LogP contribution in [0, 0.1) is 17.1 Å². The van der Waals surface area contributed by atoms with Gasteiger partial charge in [-0.15, -0.1) is 0 Å². The van der Waals surface area contributed by atoms with E-state index >= 15 is 0 Å². The van der Waals surface area contributed by atoms with Gasteiger partial charge in [0.1, 0.15) is 17.5 Å². The second-order valence-electron chi connectivity index (χ2n) is 5.98. The molecule has 5 nitrogen and oxygen atoms in total. The molecule has 128 valence electrons. The predicted octanol–water partition coefficient (Wildman–Crippen LogP) is 3.98. The molecule has 0 radical (unpaired) electrons. The monoisotopic (exact) mass is 345 g/mol. The summed E-state index contributed by atoms with van der Waals surface area (Å²) in [6.45, 7) is 3.30. The molecule has 0 aliphatic heterocycles. The van der Waals surface area contributed by atoms with E-state index in [1.54, 1.807) is 18.3 Å². The minimum Gasteiger partial charge on any atom is -0.327 e. The van der Waals surface area contributed by atoms with Crippen LogP contribution in [0.3, 0.4) is 0 Å². The van der Waals surface area contributed by atoms with Gasteiger partial charge in [0.05, 0.1) is 29.2 Å². The van der Waals surface area contributed by atoms with Crippen LogP contribution in [0.15, 0.2) is 54.9 Å². The van der Waals surface area contributed by atoms with Crippen LogP contribution in [-0.2, 0) is 13.1 Å². The maximum atomic E-state index is 13.6. The molecule has 6 heteroatoms. The molecule has 0 saturated carbocycles. The number of nitriles is 1. The van der Waals surface area contributed by atoms with Crippen molar-refractivity contribution in [2.24, 2.45) is 0 Å². The molecule has 2 aromatic carbocycles. The van der Waals surface area contributed by atoms with Crippen molar-refractivity contribution in [3.63, 3.8) is 0 Å². The highest BCUT2D eigenvalue weighted by molar-refractivity contribution is 5.77. The van der Waals surface area contributed by atoms with E-state index in [-0.39, 0.29) is 5.82 Å². The first-order chi connectivity index (χ1) is 12.7. The number of hydrogen-bond acceptors (Lipinski definition) is 3. The molecule has 0 aliphatic rings. The van der Waals surface area contributed by atoms with Gasteiger partial charge in [0, 0.05) is 24.5 Å². The maximum Gasteiger partial charge on any atom is 0.140 e. The summed E-state index contributed by atoms with van der Waals surface area (Å²) in [5, 5.41) is 9.14. The Hall–Kier alpha value is -3.46. The Kier molecular flexibility index (Phi) is 3.98. The lowest BCUT2D eigenvalue weighted by Gasteiger charge is -2.10. The lowest BCUT2D eigenvalue weighted by Crippen LogP contribution is -2.08. The second kappa shape index (κ2) is 6.45. The van der Waals surface area contributed by atoms with Crippen LogP contribution in [0.1, 0.15) is 18.3 Å². The van der Waals surface area contributed by atoms with Gasteiger partial charge in [0.2, 0.25) is 0 Å². The summed E-state index contributed by atoms with van der Waals surface area (Å²) in [5.74, 6) is 1.27. The van der Waals surface area contributed by atoms with Crippen molar-refractivity contribution in [2.45, 2.75) is 20.0 Å². The predicted molar refractivity (Wildman–Crippen MR) is 96.8 cm³/mol. The van der Waals surface area contributed by atoms with E-state index in [0.717, 1.165) is 29.0 Å². The fraction of sp³-hybridized carbons (Fsp3) is 0.150. The zero-order valence-electron chi connectivity index (χ0n) is 14.2. The van der Waals surface area contributed by atoms with Crippen LogP contribution < -0.4 is 0 Å². The van der Waals surface area contributed by atoms with E-state index in [2.05, 4.69) is 15.6 Å². The van der Waals surface area contributed by atoms with E-state index in [1.165, 1.54) is 12.1 Å². The zero-order valence-corrected chi connectivity index (χ0v) is 14.2. The summed E-state index contributed by atoms with van der Waals surface area (Å²) in [6.07, 6.45) is 3.56. The van der Waals surface area contributed by atoms with Crippen LogP contribution in [0.25, 0.3) is 22.4 Å². The van der Waals surface area contributed by atoms with Gasteiger partial charge in [-0.2, -0.15) is 5.26 Å².